The first-order chi connectivity index (χ1) is 8.74. The maximum atomic E-state index is 11.3. The van der Waals surface area contributed by atoms with E-state index in [9.17, 15) is 9.90 Å². The Morgan fingerprint density at radius 2 is 1.83 bits per heavy atom. The summed E-state index contributed by atoms with van der Waals surface area (Å²) in [6, 6.07) is 15.3. The first-order valence-electron chi connectivity index (χ1n) is 5.78. The smallest absolute Gasteiger partial charge is 0.336 e. The van der Waals surface area contributed by atoms with E-state index in [1.54, 1.807) is 23.9 Å². The molecule has 0 fully saturated rings. The fourth-order valence-electron chi connectivity index (χ4n) is 1.85. The third kappa shape index (κ3) is 2.57. The van der Waals surface area contributed by atoms with Crippen LogP contribution in [0.1, 0.15) is 17.3 Å². The monoisotopic (exact) mass is 258 g/mol. The largest absolute Gasteiger partial charge is 0.478 e. The Morgan fingerprint density at radius 3 is 2.44 bits per heavy atom. The van der Waals surface area contributed by atoms with Gasteiger partial charge in [-0.25, -0.2) is 4.79 Å². The lowest BCUT2D eigenvalue weighted by Gasteiger charge is -2.11. The van der Waals surface area contributed by atoms with Gasteiger partial charge in [0.25, 0.3) is 0 Å². The van der Waals surface area contributed by atoms with Crippen LogP contribution in [0.4, 0.5) is 0 Å². The van der Waals surface area contributed by atoms with E-state index in [4.69, 9.17) is 0 Å². The van der Waals surface area contributed by atoms with Gasteiger partial charge in [-0.05, 0) is 22.9 Å². The Kier molecular flexibility index (Phi) is 4.05. The molecule has 0 radical (unpaired) electrons. The standard InChI is InChI=1S/C15H14O2S/c1-2-18-14-12(11-7-4-3-5-8-11)9-6-10-13(14)15(16)17/h3-10H,2H2,1H3,(H,16,17). The fraction of sp³-hybridized carbons (Fsp3) is 0.133. The summed E-state index contributed by atoms with van der Waals surface area (Å²) in [5.74, 6) is -0.0202. The highest BCUT2D eigenvalue weighted by Crippen LogP contribution is 2.34. The summed E-state index contributed by atoms with van der Waals surface area (Å²) in [7, 11) is 0. The second-order valence-electron chi connectivity index (χ2n) is 3.79. The van der Waals surface area contributed by atoms with E-state index in [1.807, 2.05) is 43.3 Å². The molecule has 0 unspecified atom stereocenters. The van der Waals surface area contributed by atoms with Gasteiger partial charge in [-0.3, -0.25) is 0 Å². The van der Waals surface area contributed by atoms with Gasteiger partial charge in [-0.2, -0.15) is 0 Å². The van der Waals surface area contributed by atoms with E-state index in [0.29, 0.717) is 5.56 Å². The van der Waals surface area contributed by atoms with Crippen molar-refractivity contribution in [3.8, 4) is 11.1 Å². The van der Waals surface area contributed by atoms with Gasteiger partial charge in [0, 0.05) is 4.90 Å². The minimum absolute atomic E-state index is 0.378. The van der Waals surface area contributed by atoms with Crippen molar-refractivity contribution in [3.05, 3.63) is 54.1 Å². The van der Waals surface area contributed by atoms with Crippen LogP contribution in [0.2, 0.25) is 0 Å². The molecule has 0 aliphatic heterocycles. The van der Waals surface area contributed by atoms with Crippen LogP contribution in [0.5, 0.6) is 0 Å². The molecule has 0 atom stereocenters. The van der Waals surface area contributed by atoms with Crippen molar-refractivity contribution in [1.82, 2.24) is 0 Å². The Labute approximate surface area is 111 Å². The molecule has 2 aromatic carbocycles. The molecule has 2 aromatic rings. The molecule has 2 rings (SSSR count). The van der Waals surface area contributed by atoms with Gasteiger partial charge in [0.05, 0.1) is 5.56 Å². The maximum Gasteiger partial charge on any atom is 0.336 e. The fourth-order valence-corrected chi connectivity index (χ4v) is 2.79. The number of aromatic carboxylic acids is 1. The molecule has 0 aliphatic carbocycles. The van der Waals surface area contributed by atoms with E-state index in [-0.39, 0.29) is 0 Å². The third-order valence-corrected chi connectivity index (χ3v) is 3.64. The minimum atomic E-state index is -0.872. The second kappa shape index (κ2) is 5.74. The number of rotatable bonds is 4. The van der Waals surface area contributed by atoms with Crippen molar-refractivity contribution < 1.29 is 9.90 Å². The van der Waals surface area contributed by atoms with Gasteiger partial charge in [0.15, 0.2) is 0 Å². The molecule has 2 nitrogen and oxygen atoms in total. The molecule has 0 bridgehead atoms. The highest BCUT2D eigenvalue weighted by atomic mass is 32.2. The number of hydrogen-bond acceptors (Lipinski definition) is 2. The zero-order valence-corrected chi connectivity index (χ0v) is 10.9. The van der Waals surface area contributed by atoms with Gasteiger partial charge in [-0.15, -0.1) is 11.8 Å². The topological polar surface area (TPSA) is 37.3 Å². The van der Waals surface area contributed by atoms with E-state index < -0.39 is 5.97 Å². The van der Waals surface area contributed by atoms with Gasteiger partial charge in [-0.1, -0.05) is 49.4 Å². The SMILES string of the molecule is CCSc1c(C(=O)O)cccc1-c1ccccc1. The van der Waals surface area contributed by atoms with Crippen LogP contribution in [0.3, 0.4) is 0 Å². The van der Waals surface area contributed by atoms with Crippen LogP contribution >= 0.6 is 11.8 Å². The zero-order valence-electron chi connectivity index (χ0n) is 10.1. The molecule has 1 N–H and O–H groups in total. The van der Waals surface area contributed by atoms with E-state index in [1.165, 1.54) is 0 Å². The molecular weight excluding hydrogens is 244 g/mol. The predicted octanol–water partition coefficient (Wildman–Crippen LogP) is 4.16. The molecule has 0 aromatic heterocycles. The molecule has 0 saturated heterocycles. The zero-order chi connectivity index (χ0) is 13.0. The molecule has 0 aliphatic rings. The number of carboxylic acid groups (broad SMARTS) is 1. The summed E-state index contributed by atoms with van der Waals surface area (Å²) in [4.78, 5) is 12.1. The highest BCUT2D eigenvalue weighted by molar-refractivity contribution is 7.99. The van der Waals surface area contributed by atoms with Gasteiger partial charge >= 0.3 is 5.97 Å². The molecule has 0 amide bonds. The lowest BCUT2D eigenvalue weighted by molar-refractivity contribution is 0.0693. The average molecular weight is 258 g/mol. The molecule has 92 valence electrons. The molecular formula is C15H14O2S. The lowest BCUT2D eigenvalue weighted by atomic mass is 10.0. The Morgan fingerprint density at radius 1 is 1.11 bits per heavy atom. The summed E-state index contributed by atoms with van der Waals surface area (Å²) in [6.07, 6.45) is 0. The third-order valence-electron chi connectivity index (χ3n) is 2.62. The van der Waals surface area contributed by atoms with Crippen molar-refractivity contribution in [3.63, 3.8) is 0 Å². The van der Waals surface area contributed by atoms with Crippen LogP contribution in [0.15, 0.2) is 53.4 Å². The number of thioether (sulfide) groups is 1. The summed E-state index contributed by atoms with van der Waals surface area (Å²) in [6.45, 7) is 2.03. The first-order valence-corrected chi connectivity index (χ1v) is 6.77. The second-order valence-corrected chi connectivity index (χ2v) is 5.06. The van der Waals surface area contributed by atoms with E-state index >= 15 is 0 Å². The number of benzene rings is 2. The molecule has 0 heterocycles. The average Bonchev–Trinajstić information content (AvgIpc) is 2.40. The molecule has 18 heavy (non-hydrogen) atoms. The lowest BCUT2D eigenvalue weighted by Crippen LogP contribution is -2.00. The Bertz CT molecular complexity index is 550. The predicted molar refractivity (Wildman–Crippen MR) is 75.2 cm³/mol. The van der Waals surface area contributed by atoms with Crippen LogP contribution in [0.25, 0.3) is 11.1 Å². The van der Waals surface area contributed by atoms with Crippen LogP contribution in [-0.2, 0) is 0 Å². The van der Waals surface area contributed by atoms with Crippen LogP contribution in [-0.4, -0.2) is 16.8 Å². The van der Waals surface area contributed by atoms with Crippen molar-refractivity contribution in [2.24, 2.45) is 0 Å². The van der Waals surface area contributed by atoms with Gasteiger partial charge in [0.1, 0.15) is 0 Å². The normalized spacial score (nSPS) is 10.3. The first kappa shape index (κ1) is 12.7. The van der Waals surface area contributed by atoms with Crippen molar-refractivity contribution in [2.75, 3.05) is 5.75 Å². The summed E-state index contributed by atoms with van der Waals surface area (Å²) in [5, 5.41) is 9.25. The number of carboxylic acids is 1. The summed E-state index contributed by atoms with van der Waals surface area (Å²) in [5.41, 5.74) is 2.42. The van der Waals surface area contributed by atoms with Crippen molar-refractivity contribution in [1.29, 1.82) is 0 Å². The molecule has 3 heteroatoms. The van der Waals surface area contributed by atoms with E-state index in [2.05, 4.69) is 0 Å². The maximum absolute atomic E-state index is 11.3. The number of hydrogen-bond donors (Lipinski definition) is 1. The Balaban J connectivity index is 2.60. The quantitative estimate of drug-likeness (QED) is 0.836. The van der Waals surface area contributed by atoms with Crippen LogP contribution in [0, 0.1) is 0 Å². The summed E-state index contributed by atoms with van der Waals surface area (Å²) < 4.78 is 0. The van der Waals surface area contributed by atoms with Crippen molar-refractivity contribution in [2.45, 2.75) is 11.8 Å². The molecule has 0 spiro atoms. The Hall–Kier alpha value is -1.74. The van der Waals surface area contributed by atoms with Crippen molar-refractivity contribution >= 4 is 17.7 Å². The van der Waals surface area contributed by atoms with Gasteiger partial charge in [0.2, 0.25) is 0 Å². The highest BCUT2D eigenvalue weighted by Gasteiger charge is 2.14. The van der Waals surface area contributed by atoms with E-state index in [0.717, 1.165) is 21.8 Å². The minimum Gasteiger partial charge on any atom is -0.478 e. The summed E-state index contributed by atoms with van der Waals surface area (Å²) >= 11 is 1.57. The van der Waals surface area contributed by atoms with Gasteiger partial charge < -0.3 is 5.11 Å². The van der Waals surface area contributed by atoms with Crippen LogP contribution < -0.4 is 0 Å². The molecule has 0 saturated carbocycles. The number of carbonyl (C=O) groups is 1.